The molecule has 2 N–H and O–H groups in total. The van der Waals surface area contributed by atoms with Gasteiger partial charge in [-0.1, -0.05) is 25.5 Å². The SMILES string of the molecule is CCCc1c(OCCOc2ccc3ccc(OC(=O)O)cc3c2)ccc(C(C)=O)c1O. The van der Waals surface area contributed by atoms with Crippen LogP contribution in [0.25, 0.3) is 10.8 Å². The summed E-state index contributed by atoms with van der Waals surface area (Å²) >= 11 is 0. The molecule has 3 rings (SSSR count). The Kier molecular flexibility index (Phi) is 6.97. The van der Waals surface area contributed by atoms with E-state index in [-0.39, 0.29) is 36.1 Å². The first-order valence-electron chi connectivity index (χ1n) is 9.95. The molecule has 162 valence electrons. The van der Waals surface area contributed by atoms with Crippen molar-refractivity contribution in [3.63, 3.8) is 0 Å². The van der Waals surface area contributed by atoms with E-state index in [2.05, 4.69) is 4.74 Å². The summed E-state index contributed by atoms with van der Waals surface area (Å²) < 4.78 is 16.2. The number of hydrogen-bond acceptors (Lipinski definition) is 6. The van der Waals surface area contributed by atoms with Crippen molar-refractivity contribution in [2.24, 2.45) is 0 Å². The Morgan fingerprint density at radius 1 is 0.903 bits per heavy atom. The monoisotopic (exact) mass is 424 g/mol. The predicted octanol–water partition coefficient (Wildman–Crippen LogP) is 5.22. The van der Waals surface area contributed by atoms with Gasteiger partial charge in [0.2, 0.25) is 0 Å². The van der Waals surface area contributed by atoms with Gasteiger partial charge in [0.05, 0.1) is 5.56 Å². The lowest BCUT2D eigenvalue weighted by Crippen LogP contribution is -2.10. The fourth-order valence-corrected chi connectivity index (χ4v) is 3.30. The van der Waals surface area contributed by atoms with Gasteiger partial charge in [-0.2, -0.15) is 0 Å². The zero-order valence-corrected chi connectivity index (χ0v) is 17.4. The van der Waals surface area contributed by atoms with E-state index >= 15 is 0 Å². The van der Waals surface area contributed by atoms with E-state index < -0.39 is 6.16 Å². The van der Waals surface area contributed by atoms with Gasteiger partial charge in [-0.25, -0.2) is 4.79 Å². The molecule has 31 heavy (non-hydrogen) atoms. The van der Waals surface area contributed by atoms with Gasteiger partial charge in [0, 0.05) is 5.56 Å². The minimum absolute atomic E-state index is 0.0262. The van der Waals surface area contributed by atoms with Crippen LogP contribution in [0.4, 0.5) is 4.79 Å². The maximum Gasteiger partial charge on any atom is 0.511 e. The number of hydrogen-bond donors (Lipinski definition) is 2. The van der Waals surface area contributed by atoms with Crippen molar-refractivity contribution < 1.29 is 34.0 Å². The Bertz CT molecular complexity index is 1100. The molecule has 0 heterocycles. The molecule has 0 amide bonds. The van der Waals surface area contributed by atoms with Gasteiger partial charge in [0.15, 0.2) is 5.78 Å². The largest absolute Gasteiger partial charge is 0.511 e. The van der Waals surface area contributed by atoms with Crippen LogP contribution in [0.15, 0.2) is 48.5 Å². The molecule has 3 aromatic rings. The van der Waals surface area contributed by atoms with Crippen LogP contribution >= 0.6 is 0 Å². The standard InChI is InChI=1S/C24H24O7/c1-3-4-21-22(10-9-20(15(2)25)23(21)26)30-12-11-29-18-7-5-16-6-8-19(31-24(27)28)14-17(16)13-18/h5-10,13-14,26H,3-4,11-12H2,1-2H3,(H,27,28). The van der Waals surface area contributed by atoms with Crippen LogP contribution in [0.1, 0.15) is 36.2 Å². The number of carbonyl (C=O) groups is 2. The summed E-state index contributed by atoms with van der Waals surface area (Å²) in [5.74, 6) is 1.14. The van der Waals surface area contributed by atoms with Crippen LogP contribution < -0.4 is 14.2 Å². The third-order valence-corrected chi connectivity index (χ3v) is 4.72. The van der Waals surface area contributed by atoms with E-state index in [1.807, 2.05) is 19.1 Å². The van der Waals surface area contributed by atoms with Crippen molar-refractivity contribution in [1.82, 2.24) is 0 Å². The maximum absolute atomic E-state index is 11.7. The van der Waals surface area contributed by atoms with Crippen molar-refractivity contribution in [2.45, 2.75) is 26.7 Å². The summed E-state index contributed by atoms with van der Waals surface area (Å²) in [6.45, 7) is 3.91. The normalized spacial score (nSPS) is 10.6. The highest BCUT2D eigenvalue weighted by molar-refractivity contribution is 5.97. The first-order chi connectivity index (χ1) is 14.9. The van der Waals surface area contributed by atoms with Crippen LogP contribution in [-0.2, 0) is 6.42 Å². The van der Waals surface area contributed by atoms with Crippen molar-refractivity contribution in [3.8, 4) is 23.0 Å². The van der Waals surface area contributed by atoms with Crippen LogP contribution in [0.2, 0.25) is 0 Å². The van der Waals surface area contributed by atoms with Gasteiger partial charge in [0.1, 0.15) is 36.2 Å². The second-order valence-corrected chi connectivity index (χ2v) is 6.98. The number of fused-ring (bicyclic) bond motifs is 1. The highest BCUT2D eigenvalue weighted by Crippen LogP contribution is 2.33. The molecule has 0 aliphatic rings. The molecule has 0 bridgehead atoms. The molecule has 0 atom stereocenters. The Morgan fingerprint density at radius 3 is 2.26 bits per heavy atom. The highest BCUT2D eigenvalue weighted by atomic mass is 16.7. The molecule has 7 heteroatoms. The van der Waals surface area contributed by atoms with Crippen LogP contribution in [0.5, 0.6) is 23.0 Å². The minimum atomic E-state index is -1.37. The Labute approximate surface area is 179 Å². The second kappa shape index (κ2) is 9.84. The summed E-state index contributed by atoms with van der Waals surface area (Å²) in [6.07, 6.45) is 0.0230. The Morgan fingerprint density at radius 2 is 1.58 bits per heavy atom. The number of Topliss-reactive ketones (excluding diaryl/α,β-unsaturated/α-hetero) is 1. The number of ether oxygens (including phenoxy) is 3. The number of carboxylic acid groups (broad SMARTS) is 1. The summed E-state index contributed by atoms with van der Waals surface area (Å²) in [5, 5.41) is 20.9. The lowest BCUT2D eigenvalue weighted by Gasteiger charge is -2.15. The molecule has 0 spiro atoms. The predicted molar refractivity (Wildman–Crippen MR) is 116 cm³/mol. The van der Waals surface area contributed by atoms with Crippen molar-refractivity contribution in [3.05, 3.63) is 59.7 Å². The van der Waals surface area contributed by atoms with Gasteiger partial charge in [0.25, 0.3) is 0 Å². The van der Waals surface area contributed by atoms with Crippen LogP contribution in [0, 0.1) is 0 Å². The number of phenols is 1. The summed E-state index contributed by atoms with van der Waals surface area (Å²) in [5.41, 5.74) is 0.904. The molecule has 0 aromatic heterocycles. The van der Waals surface area contributed by atoms with Crippen molar-refractivity contribution >= 4 is 22.7 Å². The zero-order chi connectivity index (χ0) is 22.4. The van der Waals surface area contributed by atoms with E-state index in [9.17, 15) is 14.7 Å². The molecule has 0 aliphatic carbocycles. The molecular weight excluding hydrogens is 400 g/mol. The number of phenolic OH excluding ortho intramolecular Hbond substituents is 1. The molecule has 0 saturated carbocycles. The van der Waals surface area contributed by atoms with Gasteiger partial charge in [-0.05, 0) is 60.5 Å². The number of rotatable bonds is 9. The summed E-state index contributed by atoms with van der Waals surface area (Å²) in [7, 11) is 0. The molecule has 7 nitrogen and oxygen atoms in total. The molecule has 0 aliphatic heterocycles. The molecular formula is C24H24O7. The smallest absolute Gasteiger partial charge is 0.507 e. The number of aromatic hydroxyl groups is 1. The molecule has 0 radical (unpaired) electrons. The fraction of sp³-hybridized carbons (Fsp3) is 0.250. The summed E-state index contributed by atoms with van der Waals surface area (Å²) in [4.78, 5) is 22.4. The molecule has 0 fully saturated rings. The topological polar surface area (TPSA) is 102 Å². The Balaban J connectivity index is 1.65. The molecule has 0 saturated heterocycles. The number of carbonyl (C=O) groups excluding carboxylic acids is 1. The molecule has 3 aromatic carbocycles. The fourth-order valence-electron chi connectivity index (χ4n) is 3.30. The van der Waals surface area contributed by atoms with Gasteiger partial charge < -0.3 is 24.4 Å². The van der Waals surface area contributed by atoms with E-state index in [0.29, 0.717) is 23.5 Å². The third kappa shape index (κ3) is 5.45. The van der Waals surface area contributed by atoms with E-state index in [4.69, 9.17) is 14.6 Å². The van der Waals surface area contributed by atoms with E-state index in [1.54, 1.807) is 36.4 Å². The maximum atomic E-state index is 11.7. The third-order valence-electron chi connectivity index (χ3n) is 4.72. The Hall–Kier alpha value is -3.74. The second-order valence-electron chi connectivity index (χ2n) is 6.98. The first-order valence-corrected chi connectivity index (χ1v) is 9.95. The van der Waals surface area contributed by atoms with Crippen molar-refractivity contribution in [1.29, 1.82) is 0 Å². The van der Waals surface area contributed by atoms with Crippen LogP contribution in [0.3, 0.4) is 0 Å². The lowest BCUT2D eigenvalue weighted by atomic mass is 10.0. The van der Waals surface area contributed by atoms with Crippen LogP contribution in [-0.4, -0.2) is 35.4 Å². The minimum Gasteiger partial charge on any atom is -0.507 e. The average molecular weight is 424 g/mol. The van der Waals surface area contributed by atoms with Gasteiger partial charge >= 0.3 is 6.16 Å². The van der Waals surface area contributed by atoms with Crippen molar-refractivity contribution in [2.75, 3.05) is 13.2 Å². The van der Waals surface area contributed by atoms with Gasteiger partial charge in [-0.3, -0.25) is 4.79 Å². The van der Waals surface area contributed by atoms with E-state index in [1.165, 1.54) is 6.92 Å². The molecule has 0 unspecified atom stereocenters. The van der Waals surface area contributed by atoms with E-state index in [0.717, 1.165) is 17.2 Å². The quantitative estimate of drug-likeness (QED) is 0.210. The van der Waals surface area contributed by atoms with Gasteiger partial charge in [-0.15, -0.1) is 0 Å². The number of benzene rings is 3. The first kappa shape index (κ1) is 22.0. The zero-order valence-electron chi connectivity index (χ0n) is 17.4. The summed E-state index contributed by atoms with van der Waals surface area (Å²) in [6, 6.07) is 13.7. The number of ketones is 1. The lowest BCUT2D eigenvalue weighted by molar-refractivity contribution is 0.101. The average Bonchev–Trinajstić information content (AvgIpc) is 2.72. The highest BCUT2D eigenvalue weighted by Gasteiger charge is 2.15.